The summed E-state index contributed by atoms with van der Waals surface area (Å²) in [5, 5.41) is 3.18. The highest BCUT2D eigenvalue weighted by atomic mass is 35.5. The molecule has 4 rings (SSSR count). The Kier molecular flexibility index (Phi) is 6.91. The number of hydrogen-bond donors (Lipinski definition) is 1. The van der Waals surface area contributed by atoms with Crippen LogP contribution in [-0.4, -0.2) is 22.4 Å². The van der Waals surface area contributed by atoms with E-state index in [4.69, 9.17) is 23.2 Å². The van der Waals surface area contributed by atoms with Crippen molar-refractivity contribution in [2.45, 2.75) is 32.7 Å². The van der Waals surface area contributed by atoms with E-state index in [1.807, 2.05) is 35.0 Å². The lowest BCUT2D eigenvalue weighted by molar-refractivity contribution is -0.122. The van der Waals surface area contributed by atoms with E-state index in [0.717, 1.165) is 22.4 Å². The second-order valence-electron chi connectivity index (χ2n) is 8.17. The van der Waals surface area contributed by atoms with Gasteiger partial charge in [0.2, 0.25) is 0 Å². The number of nitrogens with zero attached hydrogens (tertiary/aromatic N) is 2. The number of urea groups is 1. The Hall–Kier alpha value is -3.35. The smallest absolute Gasteiger partial charge is 0.335 e. The predicted molar refractivity (Wildman–Crippen MR) is 134 cm³/mol. The first kappa shape index (κ1) is 23.8. The first-order valence-corrected chi connectivity index (χ1v) is 11.6. The summed E-state index contributed by atoms with van der Waals surface area (Å²) in [5.74, 6) is -1.04. The zero-order chi connectivity index (χ0) is 24.4. The van der Waals surface area contributed by atoms with E-state index in [2.05, 4.69) is 19.2 Å². The minimum Gasteiger partial charge on any atom is -0.344 e. The molecule has 0 bridgehead atoms. The van der Waals surface area contributed by atoms with Crippen molar-refractivity contribution >= 4 is 52.8 Å². The molecule has 0 unspecified atom stereocenters. The number of rotatable bonds is 6. The summed E-state index contributed by atoms with van der Waals surface area (Å²) < 4.78 is 1.87. The molecule has 1 saturated heterocycles. The molecule has 8 heteroatoms. The van der Waals surface area contributed by atoms with Gasteiger partial charge < -0.3 is 4.57 Å². The average molecular weight is 496 g/mol. The first-order valence-electron chi connectivity index (χ1n) is 10.9. The fraction of sp³-hybridized carbons (Fsp3) is 0.192. The molecule has 1 aliphatic heterocycles. The lowest BCUT2D eigenvalue weighted by Crippen LogP contribution is -2.54. The summed E-state index contributed by atoms with van der Waals surface area (Å²) in [5.41, 5.74) is 2.93. The number of barbiturate groups is 1. The van der Waals surface area contributed by atoms with Gasteiger partial charge in [-0.3, -0.25) is 14.9 Å². The van der Waals surface area contributed by atoms with Gasteiger partial charge in [0.25, 0.3) is 11.8 Å². The highest BCUT2D eigenvalue weighted by Crippen LogP contribution is 2.26. The highest BCUT2D eigenvalue weighted by molar-refractivity contribution is 6.42. The van der Waals surface area contributed by atoms with E-state index in [0.29, 0.717) is 33.9 Å². The third kappa shape index (κ3) is 4.79. The number of halogens is 2. The van der Waals surface area contributed by atoms with E-state index in [-0.39, 0.29) is 5.57 Å². The molecule has 6 nitrogen and oxygen atoms in total. The van der Waals surface area contributed by atoms with E-state index in [9.17, 15) is 14.4 Å². The Bertz CT molecular complexity index is 1290. The molecule has 0 spiro atoms. The van der Waals surface area contributed by atoms with E-state index in [1.165, 1.54) is 6.08 Å². The number of imide groups is 2. The van der Waals surface area contributed by atoms with Crippen molar-refractivity contribution in [2.24, 2.45) is 0 Å². The molecule has 0 radical (unpaired) electrons. The van der Waals surface area contributed by atoms with Crippen LogP contribution in [0, 0.1) is 0 Å². The maximum atomic E-state index is 13.2. The zero-order valence-corrected chi connectivity index (χ0v) is 20.2. The van der Waals surface area contributed by atoms with Gasteiger partial charge in [-0.2, -0.15) is 0 Å². The fourth-order valence-corrected chi connectivity index (χ4v) is 4.09. The van der Waals surface area contributed by atoms with Gasteiger partial charge in [0.1, 0.15) is 5.57 Å². The minimum atomic E-state index is -0.769. The topological polar surface area (TPSA) is 71.4 Å². The fourth-order valence-electron chi connectivity index (χ4n) is 3.76. The molecule has 34 heavy (non-hydrogen) atoms. The highest BCUT2D eigenvalue weighted by Gasteiger charge is 2.37. The quantitative estimate of drug-likeness (QED) is 0.335. The van der Waals surface area contributed by atoms with Gasteiger partial charge in [0.15, 0.2) is 0 Å². The summed E-state index contributed by atoms with van der Waals surface area (Å²) in [6.45, 7) is 4.67. The van der Waals surface area contributed by atoms with Crippen LogP contribution in [0.15, 0.2) is 66.4 Å². The maximum Gasteiger partial charge on any atom is 0.335 e. The summed E-state index contributed by atoms with van der Waals surface area (Å²) in [6, 6.07) is 15.4. The van der Waals surface area contributed by atoms with Crippen LogP contribution in [0.4, 0.5) is 10.5 Å². The zero-order valence-electron chi connectivity index (χ0n) is 18.7. The minimum absolute atomic E-state index is 0.125. The molecule has 0 saturated carbocycles. The van der Waals surface area contributed by atoms with Crippen LogP contribution in [0.3, 0.4) is 0 Å². The molecule has 4 amide bonds. The second kappa shape index (κ2) is 9.87. The maximum absolute atomic E-state index is 13.2. The number of aromatic nitrogens is 1. The van der Waals surface area contributed by atoms with Crippen LogP contribution >= 0.6 is 23.2 Å². The SMILES string of the molecule is CC[C@@H](C)c1ccc(N2C(=O)NC(=O)/C(=C/c3cccn3Cc3ccc(Cl)c(Cl)c3)C2=O)cc1. The van der Waals surface area contributed by atoms with Gasteiger partial charge in [0.05, 0.1) is 15.7 Å². The first-order chi connectivity index (χ1) is 16.3. The molecule has 1 aromatic heterocycles. The molecule has 3 aromatic rings. The lowest BCUT2D eigenvalue weighted by Gasteiger charge is -2.26. The van der Waals surface area contributed by atoms with Crippen molar-refractivity contribution in [1.82, 2.24) is 9.88 Å². The van der Waals surface area contributed by atoms with Crippen molar-refractivity contribution in [3.8, 4) is 0 Å². The summed E-state index contributed by atoms with van der Waals surface area (Å²) in [6.07, 6.45) is 4.30. The standard InChI is InChI=1S/C26H23Cl2N3O3/c1-3-16(2)18-7-9-19(10-8-18)31-25(33)21(24(32)29-26(31)34)14-20-5-4-12-30(20)15-17-6-11-22(27)23(28)13-17/h4-14,16H,3,15H2,1-2H3,(H,29,32,34)/b21-14-/t16-/m1/s1. The van der Waals surface area contributed by atoms with Gasteiger partial charge in [-0.1, -0.05) is 55.2 Å². The van der Waals surface area contributed by atoms with E-state index in [1.54, 1.807) is 30.3 Å². The molecular formula is C26H23Cl2N3O3. The summed E-state index contributed by atoms with van der Waals surface area (Å²) >= 11 is 12.1. The Morgan fingerprint density at radius 2 is 1.74 bits per heavy atom. The van der Waals surface area contributed by atoms with Crippen LogP contribution in [0.2, 0.25) is 10.0 Å². The van der Waals surface area contributed by atoms with Crippen LogP contribution in [-0.2, 0) is 16.1 Å². The van der Waals surface area contributed by atoms with Crippen molar-refractivity contribution < 1.29 is 14.4 Å². The number of amides is 4. The number of anilines is 1. The van der Waals surface area contributed by atoms with Crippen molar-refractivity contribution in [3.05, 3.63) is 93.2 Å². The number of hydrogen-bond acceptors (Lipinski definition) is 3. The Morgan fingerprint density at radius 1 is 1.00 bits per heavy atom. The van der Waals surface area contributed by atoms with Crippen molar-refractivity contribution in [3.63, 3.8) is 0 Å². The molecule has 2 aromatic carbocycles. The number of benzene rings is 2. The molecule has 1 N–H and O–H groups in total. The summed E-state index contributed by atoms with van der Waals surface area (Å²) in [4.78, 5) is 39.3. The normalized spacial score (nSPS) is 16.2. The molecular weight excluding hydrogens is 473 g/mol. The average Bonchev–Trinajstić information content (AvgIpc) is 3.25. The van der Waals surface area contributed by atoms with Gasteiger partial charge in [-0.05, 0) is 65.9 Å². The van der Waals surface area contributed by atoms with Crippen LogP contribution in [0.1, 0.15) is 43.0 Å². The monoisotopic (exact) mass is 495 g/mol. The molecule has 1 aliphatic rings. The third-order valence-corrected chi connectivity index (χ3v) is 6.67. The molecule has 2 heterocycles. The van der Waals surface area contributed by atoms with Gasteiger partial charge >= 0.3 is 6.03 Å². The Labute approximate surface area is 207 Å². The van der Waals surface area contributed by atoms with E-state index >= 15 is 0 Å². The van der Waals surface area contributed by atoms with Gasteiger partial charge in [-0.15, -0.1) is 0 Å². The summed E-state index contributed by atoms with van der Waals surface area (Å²) in [7, 11) is 0. The van der Waals surface area contributed by atoms with Gasteiger partial charge in [0, 0.05) is 18.4 Å². The third-order valence-electron chi connectivity index (χ3n) is 5.93. The Morgan fingerprint density at radius 3 is 2.41 bits per heavy atom. The van der Waals surface area contributed by atoms with E-state index < -0.39 is 17.8 Å². The second-order valence-corrected chi connectivity index (χ2v) is 8.98. The van der Waals surface area contributed by atoms with Crippen LogP contribution < -0.4 is 10.2 Å². The van der Waals surface area contributed by atoms with Gasteiger partial charge in [-0.25, -0.2) is 9.69 Å². The van der Waals surface area contributed by atoms with Crippen molar-refractivity contribution in [1.29, 1.82) is 0 Å². The largest absolute Gasteiger partial charge is 0.344 e. The predicted octanol–water partition coefficient (Wildman–Crippen LogP) is 6.02. The molecule has 1 fully saturated rings. The number of carbonyl (C=O) groups excluding carboxylic acids is 3. The molecule has 1 atom stereocenters. The molecule has 0 aliphatic carbocycles. The van der Waals surface area contributed by atoms with Crippen molar-refractivity contribution in [2.75, 3.05) is 4.90 Å². The van der Waals surface area contributed by atoms with Crippen LogP contribution in [0.25, 0.3) is 6.08 Å². The Balaban J connectivity index is 1.63. The lowest BCUT2D eigenvalue weighted by atomic mass is 9.98. The number of nitrogens with one attached hydrogen (secondary N) is 1. The number of carbonyl (C=O) groups is 3. The molecule has 174 valence electrons. The van der Waals surface area contributed by atoms with Crippen LogP contribution in [0.5, 0.6) is 0 Å².